The number of amides is 1. The van der Waals surface area contributed by atoms with E-state index in [-0.39, 0.29) is 32.5 Å². The van der Waals surface area contributed by atoms with Crippen LogP contribution in [0.3, 0.4) is 0 Å². The van der Waals surface area contributed by atoms with Crippen molar-refractivity contribution >= 4 is 72.9 Å². The van der Waals surface area contributed by atoms with E-state index in [1.54, 1.807) is 48.5 Å². The minimum atomic E-state index is -3.99. The van der Waals surface area contributed by atoms with Gasteiger partial charge in [0.1, 0.15) is 5.75 Å². The number of rotatable bonds is 8. The molecule has 198 valence electrons. The van der Waals surface area contributed by atoms with E-state index in [9.17, 15) is 18.0 Å². The summed E-state index contributed by atoms with van der Waals surface area (Å²) in [6, 6.07) is 23.0. The average molecular weight is 647 g/mol. The van der Waals surface area contributed by atoms with Gasteiger partial charge in [0.25, 0.3) is 15.9 Å². The highest BCUT2D eigenvalue weighted by Gasteiger charge is 2.19. The standard InChI is InChI=1S/C27H18BrCl2N3O5S/c28-18-9-14-25(38-27(35)21-5-1-3-7-23(21)30)17(15-18)16-31-32-26(34)22-6-2-4-8-24(22)33-39(36,37)20-12-10-19(29)11-13-20/h1-16,33H,(H,32,34). The van der Waals surface area contributed by atoms with E-state index in [1.165, 1.54) is 48.7 Å². The maximum Gasteiger partial charge on any atom is 0.345 e. The van der Waals surface area contributed by atoms with E-state index in [1.807, 2.05) is 0 Å². The molecule has 0 unspecified atom stereocenters. The Bertz CT molecular complexity index is 1680. The van der Waals surface area contributed by atoms with Crippen LogP contribution >= 0.6 is 39.1 Å². The van der Waals surface area contributed by atoms with Crippen molar-refractivity contribution in [2.75, 3.05) is 4.72 Å². The third-order valence-corrected chi connectivity index (χ3v) is 7.63. The van der Waals surface area contributed by atoms with Gasteiger partial charge >= 0.3 is 5.97 Å². The minimum Gasteiger partial charge on any atom is -0.422 e. The number of halogens is 3. The van der Waals surface area contributed by atoms with Gasteiger partial charge in [0.15, 0.2) is 0 Å². The molecule has 39 heavy (non-hydrogen) atoms. The van der Waals surface area contributed by atoms with Crippen LogP contribution in [0.25, 0.3) is 0 Å². The largest absolute Gasteiger partial charge is 0.422 e. The lowest BCUT2D eigenvalue weighted by Crippen LogP contribution is -2.21. The molecular weight excluding hydrogens is 629 g/mol. The lowest BCUT2D eigenvalue weighted by molar-refractivity contribution is 0.0734. The third kappa shape index (κ3) is 7.24. The van der Waals surface area contributed by atoms with E-state index in [2.05, 4.69) is 31.2 Å². The summed E-state index contributed by atoms with van der Waals surface area (Å²) >= 11 is 15.3. The Morgan fingerprint density at radius 2 is 1.54 bits per heavy atom. The number of nitrogens with zero attached hydrogens (tertiary/aromatic N) is 1. The van der Waals surface area contributed by atoms with Crippen LogP contribution in [0.5, 0.6) is 5.75 Å². The fraction of sp³-hybridized carbons (Fsp3) is 0. The Morgan fingerprint density at radius 1 is 0.872 bits per heavy atom. The molecule has 0 spiro atoms. The molecule has 4 aromatic rings. The van der Waals surface area contributed by atoms with Gasteiger partial charge < -0.3 is 4.74 Å². The molecule has 0 aliphatic carbocycles. The molecule has 0 saturated carbocycles. The first kappa shape index (κ1) is 28.3. The number of hydrogen-bond donors (Lipinski definition) is 2. The highest BCUT2D eigenvalue weighted by Crippen LogP contribution is 2.25. The zero-order chi connectivity index (χ0) is 28.0. The second kappa shape index (κ2) is 12.4. The van der Waals surface area contributed by atoms with Crippen LogP contribution in [0.2, 0.25) is 10.0 Å². The molecule has 0 bridgehead atoms. The predicted octanol–water partition coefficient (Wildman–Crippen LogP) is 6.54. The molecule has 1 amide bonds. The van der Waals surface area contributed by atoms with E-state index in [0.29, 0.717) is 15.1 Å². The Morgan fingerprint density at radius 3 is 2.26 bits per heavy atom. The number of anilines is 1. The molecule has 12 heteroatoms. The molecule has 0 fully saturated rings. The molecule has 2 N–H and O–H groups in total. The van der Waals surface area contributed by atoms with Crippen molar-refractivity contribution < 1.29 is 22.7 Å². The first-order chi connectivity index (χ1) is 18.6. The van der Waals surface area contributed by atoms with Crippen molar-refractivity contribution in [3.05, 3.63) is 122 Å². The first-order valence-corrected chi connectivity index (χ1v) is 14.1. The lowest BCUT2D eigenvalue weighted by atomic mass is 10.2. The van der Waals surface area contributed by atoms with Gasteiger partial charge in [-0.3, -0.25) is 9.52 Å². The molecule has 4 aromatic carbocycles. The van der Waals surface area contributed by atoms with Crippen molar-refractivity contribution in [3.63, 3.8) is 0 Å². The zero-order valence-electron chi connectivity index (χ0n) is 19.8. The number of nitrogens with one attached hydrogen (secondary N) is 2. The second-order valence-corrected chi connectivity index (χ2v) is 11.3. The number of hydrazone groups is 1. The van der Waals surface area contributed by atoms with Crippen molar-refractivity contribution in [2.24, 2.45) is 5.10 Å². The van der Waals surface area contributed by atoms with Gasteiger partial charge in [-0.2, -0.15) is 5.10 Å². The normalized spacial score (nSPS) is 11.3. The number of benzene rings is 4. The number of para-hydroxylation sites is 1. The predicted molar refractivity (Wildman–Crippen MR) is 154 cm³/mol. The SMILES string of the molecule is O=C(Oc1ccc(Br)cc1C=NNC(=O)c1ccccc1NS(=O)(=O)c1ccc(Cl)cc1)c1ccccc1Cl. The Balaban J connectivity index is 1.51. The summed E-state index contributed by atoms with van der Waals surface area (Å²) in [6.45, 7) is 0. The number of sulfonamides is 1. The number of hydrogen-bond acceptors (Lipinski definition) is 6. The molecule has 0 saturated heterocycles. The van der Waals surface area contributed by atoms with Crippen molar-refractivity contribution in [2.45, 2.75) is 4.90 Å². The van der Waals surface area contributed by atoms with E-state index < -0.39 is 21.9 Å². The summed E-state index contributed by atoms with van der Waals surface area (Å²) in [5.74, 6) is -1.16. The van der Waals surface area contributed by atoms with Crippen LogP contribution in [-0.2, 0) is 10.0 Å². The molecular formula is C27H18BrCl2N3O5S. The summed E-state index contributed by atoms with van der Waals surface area (Å²) in [5, 5.41) is 4.60. The molecule has 0 heterocycles. The summed E-state index contributed by atoms with van der Waals surface area (Å²) < 4.78 is 34.2. The van der Waals surface area contributed by atoms with Crippen LogP contribution in [0, 0.1) is 0 Å². The molecule has 0 atom stereocenters. The molecule has 4 rings (SSSR count). The third-order valence-electron chi connectivity index (χ3n) is 5.18. The molecule has 0 aliphatic rings. The fourth-order valence-electron chi connectivity index (χ4n) is 3.30. The first-order valence-electron chi connectivity index (χ1n) is 11.1. The maximum absolute atomic E-state index is 12.9. The van der Waals surface area contributed by atoms with Crippen molar-refractivity contribution in [1.29, 1.82) is 0 Å². The molecule has 8 nitrogen and oxygen atoms in total. The summed E-state index contributed by atoms with van der Waals surface area (Å²) in [7, 11) is -3.99. The minimum absolute atomic E-state index is 0.0198. The number of ether oxygens (including phenoxy) is 1. The van der Waals surface area contributed by atoms with Crippen molar-refractivity contribution in [1.82, 2.24) is 5.43 Å². The average Bonchev–Trinajstić information content (AvgIpc) is 2.90. The monoisotopic (exact) mass is 645 g/mol. The summed E-state index contributed by atoms with van der Waals surface area (Å²) in [5.41, 5.74) is 3.02. The van der Waals surface area contributed by atoms with Crippen LogP contribution < -0.4 is 14.9 Å². The Hall–Kier alpha value is -3.70. The quantitative estimate of drug-likeness (QED) is 0.0977. The van der Waals surface area contributed by atoms with E-state index in [0.717, 1.165) is 0 Å². The van der Waals surface area contributed by atoms with Gasteiger partial charge in [-0.05, 0) is 66.7 Å². The topological polar surface area (TPSA) is 114 Å². The van der Waals surface area contributed by atoms with Crippen LogP contribution in [0.15, 0.2) is 105 Å². The second-order valence-electron chi connectivity index (χ2n) is 7.86. The highest BCUT2D eigenvalue weighted by atomic mass is 79.9. The maximum atomic E-state index is 12.9. The summed E-state index contributed by atoms with van der Waals surface area (Å²) in [4.78, 5) is 25.5. The highest BCUT2D eigenvalue weighted by molar-refractivity contribution is 9.10. The number of carbonyl (C=O) groups is 2. The smallest absolute Gasteiger partial charge is 0.345 e. The van der Waals surface area contributed by atoms with Gasteiger partial charge in [-0.25, -0.2) is 18.6 Å². The van der Waals surface area contributed by atoms with E-state index >= 15 is 0 Å². The van der Waals surface area contributed by atoms with Crippen LogP contribution in [0.4, 0.5) is 5.69 Å². The van der Waals surface area contributed by atoms with Crippen LogP contribution in [0.1, 0.15) is 26.3 Å². The Kier molecular flexibility index (Phi) is 9.03. The number of esters is 1. The summed E-state index contributed by atoms with van der Waals surface area (Å²) in [6.07, 6.45) is 1.29. The number of carbonyl (C=O) groups excluding carboxylic acids is 2. The van der Waals surface area contributed by atoms with Gasteiger partial charge in [-0.1, -0.05) is 63.4 Å². The van der Waals surface area contributed by atoms with Crippen LogP contribution in [-0.4, -0.2) is 26.5 Å². The molecule has 0 radical (unpaired) electrons. The molecule has 0 aromatic heterocycles. The van der Waals surface area contributed by atoms with Gasteiger partial charge in [-0.15, -0.1) is 0 Å². The lowest BCUT2D eigenvalue weighted by Gasteiger charge is -2.12. The zero-order valence-corrected chi connectivity index (χ0v) is 23.7. The van der Waals surface area contributed by atoms with Crippen molar-refractivity contribution in [3.8, 4) is 5.75 Å². The molecule has 0 aliphatic heterocycles. The van der Waals surface area contributed by atoms with Gasteiger partial charge in [0.05, 0.1) is 32.9 Å². The van der Waals surface area contributed by atoms with E-state index in [4.69, 9.17) is 27.9 Å². The fourth-order valence-corrected chi connectivity index (χ4v) is 5.10. The Labute approximate surface area is 242 Å². The van der Waals surface area contributed by atoms with Gasteiger partial charge in [0, 0.05) is 15.1 Å². The van der Waals surface area contributed by atoms with Gasteiger partial charge in [0.2, 0.25) is 0 Å².